The molecular weight excluding hydrogens is 381 g/mol. The van der Waals surface area contributed by atoms with Crippen LogP contribution in [0.2, 0.25) is 0 Å². The van der Waals surface area contributed by atoms with E-state index in [4.69, 9.17) is 9.47 Å². The van der Waals surface area contributed by atoms with E-state index in [1.165, 1.54) is 19.1 Å². The number of halogens is 3. The fourth-order valence-corrected chi connectivity index (χ4v) is 4.16. The van der Waals surface area contributed by atoms with Gasteiger partial charge in [0.15, 0.2) is 11.6 Å². The molecule has 0 aromatic heterocycles. The van der Waals surface area contributed by atoms with Crippen LogP contribution in [0.5, 0.6) is 5.75 Å². The SMILES string of the molecule is CC(O)c1ccc(OCC2CCC(c3ccc(C4CO4)c(F)c3F)CC2)cc1F. The van der Waals surface area contributed by atoms with Crippen LogP contribution in [0, 0.1) is 23.4 Å². The van der Waals surface area contributed by atoms with Crippen molar-refractivity contribution in [2.45, 2.75) is 50.7 Å². The van der Waals surface area contributed by atoms with Crippen LogP contribution in [-0.4, -0.2) is 18.3 Å². The summed E-state index contributed by atoms with van der Waals surface area (Å²) in [6, 6.07) is 7.81. The highest BCUT2D eigenvalue weighted by Gasteiger charge is 2.32. The molecule has 3 nitrogen and oxygen atoms in total. The van der Waals surface area contributed by atoms with Crippen molar-refractivity contribution in [3.05, 3.63) is 64.5 Å². The molecule has 0 spiro atoms. The molecule has 2 unspecified atom stereocenters. The molecule has 29 heavy (non-hydrogen) atoms. The molecule has 6 heteroatoms. The van der Waals surface area contributed by atoms with Gasteiger partial charge >= 0.3 is 0 Å². The summed E-state index contributed by atoms with van der Waals surface area (Å²) in [6.45, 7) is 2.42. The van der Waals surface area contributed by atoms with Gasteiger partial charge in [-0.2, -0.15) is 0 Å². The standard InChI is InChI=1S/C23H25F3O3/c1-13(27)17-7-6-16(10-20(17)24)28-11-14-2-4-15(5-3-14)18-8-9-19(21-12-29-21)23(26)22(18)25/h6-10,13-15,21,27H,2-5,11-12H2,1H3. The van der Waals surface area contributed by atoms with Gasteiger partial charge in [0.05, 0.1) is 19.3 Å². The summed E-state index contributed by atoms with van der Waals surface area (Å²) in [4.78, 5) is 0. The van der Waals surface area contributed by atoms with Crippen molar-refractivity contribution in [3.63, 3.8) is 0 Å². The number of ether oxygens (including phenoxy) is 2. The molecule has 1 N–H and O–H groups in total. The van der Waals surface area contributed by atoms with Crippen LogP contribution < -0.4 is 4.74 Å². The lowest BCUT2D eigenvalue weighted by Crippen LogP contribution is -2.20. The van der Waals surface area contributed by atoms with Crippen molar-refractivity contribution in [1.29, 1.82) is 0 Å². The van der Waals surface area contributed by atoms with Gasteiger partial charge in [0.1, 0.15) is 17.7 Å². The third kappa shape index (κ3) is 4.43. The molecule has 1 saturated heterocycles. The minimum absolute atomic E-state index is 0.00214. The van der Waals surface area contributed by atoms with E-state index >= 15 is 0 Å². The third-order valence-electron chi connectivity index (χ3n) is 6.02. The highest BCUT2D eigenvalue weighted by atomic mass is 19.2. The Bertz CT molecular complexity index is 872. The topological polar surface area (TPSA) is 42.0 Å². The smallest absolute Gasteiger partial charge is 0.165 e. The average molecular weight is 406 g/mol. The van der Waals surface area contributed by atoms with Gasteiger partial charge in [0.25, 0.3) is 0 Å². The zero-order chi connectivity index (χ0) is 20.5. The Morgan fingerprint density at radius 3 is 2.31 bits per heavy atom. The summed E-state index contributed by atoms with van der Waals surface area (Å²) in [6.07, 6.45) is 2.04. The van der Waals surface area contributed by atoms with Crippen LogP contribution in [0.15, 0.2) is 30.3 Å². The summed E-state index contributed by atoms with van der Waals surface area (Å²) in [5, 5.41) is 9.49. The molecular formula is C23H25F3O3. The minimum Gasteiger partial charge on any atom is -0.493 e. The number of epoxide rings is 1. The summed E-state index contributed by atoms with van der Waals surface area (Å²) in [5.74, 6) is -1.29. The summed E-state index contributed by atoms with van der Waals surface area (Å²) >= 11 is 0. The average Bonchev–Trinajstić information content (AvgIpc) is 3.54. The monoisotopic (exact) mass is 406 g/mol. The molecule has 1 heterocycles. The van der Waals surface area contributed by atoms with E-state index in [0.717, 1.165) is 25.7 Å². The molecule has 2 atom stereocenters. The fourth-order valence-electron chi connectivity index (χ4n) is 4.16. The van der Waals surface area contributed by atoms with Gasteiger partial charge in [-0.05, 0) is 62.1 Å². The number of benzene rings is 2. The van der Waals surface area contributed by atoms with Crippen molar-refractivity contribution in [2.75, 3.05) is 13.2 Å². The van der Waals surface area contributed by atoms with Gasteiger partial charge in [-0.25, -0.2) is 13.2 Å². The second-order valence-corrected chi connectivity index (χ2v) is 8.08. The number of hydrogen-bond donors (Lipinski definition) is 1. The molecule has 2 fully saturated rings. The molecule has 0 radical (unpaired) electrons. The Kier molecular flexibility index (Phi) is 5.83. The normalized spacial score (nSPS) is 24.9. The Labute approximate surface area is 168 Å². The van der Waals surface area contributed by atoms with Gasteiger partial charge in [-0.3, -0.25) is 0 Å². The van der Waals surface area contributed by atoms with Crippen LogP contribution in [0.1, 0.15) is 67.4 Å². The lowest BCUT2D eigenvalue weighted by Gasteiger charge is -2.29. The van der Waals surface area contributed by atoms with Crippen molar-refractivity contribution in [3.8, 4) is 5.75 Å². The molecule has 2 aliphatic rings. The predicted octanol–water partition coefficient (Wildman–Crippen LogP) is 5.58. The summed E-state index contributed by atoms with van der Waals surface area (Å²) in [7, 11) is 0. The quantitative estimate of drug-likeness (QED) is 0.637. The van der Waals surface area contributed by atoms with Crippen LogP contribution in [0.25, 0.3) is 0 Å². The van der Waals surface area contributed by atoms with E-state index in [1.54, 1.807) is 18.2 Å². The Morgan fingerprint density at radius 2 is 1.69 bits per heavy atom. The number of hydrogen-bond acceptors (Lipinski definition) is 3. The molecule has 1 aliphatic heterocycles. The van der Waals surface area contributed by atoms with Crippen LogP contribution >= 0.6 is 0 Å². The first-order valence-electron chi connectivity index (χ1n) is 10.1. The van der Waals surface area contributed by atoms with Gasteiger partial charge in [-0.15, -0.1) is 0 Å². The van der Waals surface area contributed by atoms with Gasteiger partial charge in [0.2, 0.25) is 0 Å². The van der Waals surface area contributed by atoms with Gasteiger partial charge < -0.3 is 14.6 Å². The van der Waals surface area contributed by atoms with E-state index in [9.17, 15) is 18.3 Å². The molecule has 0 amide bonds. The van der Waals surface area contributed by atoms with Crippen LogP contribution in [0.4, 0.5) is 13.2 Å². The van der Waals surface area contributed by atoms with E-state index in [1.807, 2.05) is 0 Å². The first-order valence-corrected chi connectivity index (χ1v) is 10.1. The predicted molar refractivity (Wildman–Crippen MR) is 102 cm³/mol. The molecule has 2 aromatic carbocycles. The van der Waals surface area contributed by atoms with Crippen molar-refractivity contribution >= 4 is 0 Å². The van der Waals surface area contributed by atoms with Crippen molar-refractivity contribution in [2.24, 2.45) is 5.92 Å². The lowest BCUT2D eigenvalue weighted by atomic mass is 9.78. The van der Waals surface area contributed by atoms with Gasteiger partial charge in [-0.1, -0.05) is 12.1 Å². The first kappa shape index (κ1) is 20.2. The van der Waals surface area contributed by atoms with E-state index < -0.39 is 23.6 Å². The molecule has 0 bridgehead atoms. The summed E-state index contributed by atoms with van der Waals surface area (Å²) in [5.41, 5.74) is 0.996. The molecule has 1 aliphatic carbocycles. The molecule has 4 rings (SSSR count). The fraction of sp³-hybridized carbons (Fsp3) is 0.478. The largest absolute Gasteiger partial charge is 0.493 e. The Morgan fingerprint density at radius 1 is 1.03 bits per heavy atom. The maximum Gasteiger partial charge on any atom is 0.165 e. The molecule has 1 saturated carbocycles. The van der Waals surface area contributed by atoms with Gasteiger partial charge in [0, 0.05) is 17.2 Å². The number of aliphatic hydroxyl groups is 1. The Balaban J connectivity index is 1.32. The highest BCUT2D eigenvalue weighted by Crippen LogP contribution is 2.40. The Hall–Kier alpha value is -2.05. The number of rotatable bonds is 6. The number of aliphatic hydroxyl groups excluding tert-OH is 1. The maximum absolute atomic E-state index is 14.5. The lowest BCUT2D eigenvalue weighted by molar-refractivity contribution is 0.190. The maximum atomic E-state index is 14.5. The van der Waals surface area contributed by atoms with E-state index in [-0.39, 0.29) is 23.5 Å². The van der Waals surface area contributed by atoms with E-state index in [2.05, 4.69) is 0 Å². The summed E-state index contributed by atoms with van der Waals surface area (Å²) < 4.78 is 53.5. The highest BCUT2D eigenvalue weighted by molar-refractivity contribution is 5.32. The second-order valence-electron chi connectivity index (χ2n) is 8.08. The van der Waals surface area contributed by atoms with Crippen molar-refractivity contribution in [1.82, 2.24) is 0 Å². The zero-order valence-corrected chi connectivity index (χ0v) is 16.3. The van der Waals surface area contributed by atoms with Crippen LogP contribution in [0.3, 0.4) is 0 Å². The van der Waals surface area contributed by atoms with Crippen LogP contribution in [-0.2, 0) is 4.74 Å². The third-order valence-corrected chi connectivity index (χ3v) is 6.02. The minimum atomic E-state index is -0.865. The molecule has 2 aromatic rings. The molecule has 156 valence electrons. The van der Waals surface area contributed by atoms with E-state index in [0.29, 0.717) is 30.1 Å². The zero-order valence-electron chi connectivity index (χ0n) is 16.3. The first-order chi connectivity index (χ1) is 13.9. The second kappa shape index (κ2) is 8.36. The van der Waals surface area contributed by atoms with Crippen molar-refractivity contribution < 1.29 is 27.8 Å².